The van der Waals surface area contributed by atoms with Gasteiger partial charge in [-0.3, -0.25) is 0 Å². The van der Waals surface area contributed by atoms with Gasteiger partial charge in [0.05, 0.1) is 6.61 Å². The van der Waals surface area contributed by atoms with Gasteiger partial charge in [-0.05, 0) is 49.3 Å². The summed E-state index contributed by atoms with van der Waals surface area (Å²) >= 11 is 11.3. The molecule has 0 amide bonds. The summed E-state index contributed by atoms with van der Waals surface area (Å²) in [6, 6.07) is 5.92. The molecule has 0 aliphatic heterocycles. The highest BCUT2D eigenvalue weighted by Crippen LogP contribution is 2.25. The number of halogens is 1. The van der Waals surface area contributed by atoms with Crippen LogP contribution < -0.4 is 10.6 Å². The van der Waals surface area contributed by atoms with E-state index in [0.29, 0.717) is 18.3 Å². The number of methoxy groups -OCH3 is 1. The van der Waals surface area contributed by atoms with Crippen LogP contribution in [-0.2, 0) is 11.2 Å². The van der Waals surface area contributed by atoms with Crippen LogP contribution in [0.4, 0.5) is 0 Å². The van der Waals surface area contributed by atoms with Gasteiger partial charge in [-0.1, -0.05) is 11.6 Å². The van der Waals surface area contributed by atoms with Gasteiger partial charge in [0.2, 0.25) is 0 Å². The Bertz CT molecular complexity index is 627. The van der Waals surface area contributed by atoms with Gasteiger partial charge in [-0.15, -0.1) is 0 Å². The molecule has 0 saturated carbocycles. The predicted molar refractivity (Wildman–Crippen MR) is 92.2 cm³/mol. The summed E-state index contributed by atoms with van der Waals surface area (Å²) < 4.78 is 4.96. The monoisotopic (exact) mass is 325 g/mol. The molecule has 3 N–H and O–H groups in total. The van der Waals surface area contributed by atoms with Crippen molar-refractivity contribution in [3.05, 3.63) is 34.5 Å². The summed E-state index contributed by atoms with van der Waals surface area (Å²) in [7, 11) is 1.67. The Kier molecular flexibility index (Phi) is 5.85. The van der Waals surface area contributed by atoms with Crippen molar-refractivity contribution in [1.82, 2.24) is 15.6 Å². The SMILES string of the molecule is COCCNC(=S)NCCc1c(C)[nH]c2ccc(Cl)cc12. The molecule has 6 heteroatoms. The molecule has 1 aromatic carbocycles. The first kappa shape index (κ1) is 16.1. The summed E-state index contributed by atoms with van der Waals surface area (Å²) in [5.41, 5.74) is 3.57. The standard InChI is InChI=1S/C15H20ClN3OS/c1-10-12(5-6-17-15(21)18-7-8-20-2)13-9-11(16)3-4-14(13)19-10/h3-4,9,19H,5-8H2,1-2H3,(H2,17,18,21). The van der Waals surface area contributed by atoms with Gasteiger partial charge in [-0.25, -0.2) is 0 Å². The quantitative estimate of drug-likeness (QED) is 0.564. The number of hydrogen-bond acceptors (Lipinski definition) is 2. The van der Waals surface area contributed by atoms with Gasteiger partial charge < -0.3 is 20.4 Å². The maximum absolute atomic E-state index is 6.08. The fraction of sp³-hybridized carbons (Fsp3) is 0.400. The number of rotatable bonds is 6. The Labute approximate surface area is 135 Å². The van der Waals surface area contributed by atoms with Crippen molar-refractivity contribution in [3.8, 4) is 0 Å². The summed E-state index contributed by atoms with van der Waals surface area (Å²) in [6.45, 7) is 4.21. The van der Waals surface area contributed by atoms with Crippen molar-refractivity contribution >= 4 is 39.8 Å². The first-order chi connectivity index (χ1) is 10.1. The van der Waals surface area contributed by atoms with E-state index in [2.05, 4.69) is 22.5 Å². The maximum Gasteiger partial charge on any atom is 0.166 e. The predicted octanol–water partition coefficient (Wildman–Crippen LogP) is 2.78. The van der Waals surface area contributed by atoms with E-state index in [1.165, 1.54) is 16.6 Å². The molecule has 2 rings (SSSR count). The molecule has 0 unspecified atom stereocenters. The maximum atomic E-state index is 6.08. The summed E-state index contributed by atoms with van der Waals surface area (Å²) in [5, 5.41) is 8.89. The van der Waals surface area contributed by atoms with E-state index in [1.54, 1.807) is 7.11 Å². The average molecular weight is 326 g/mol. The normalized spacial score (nSPS) is 10.8. The molecule has 0 aliphatic rings. The lowest BCUT2D eigenvalue weighted by atomic mass is 10.1. The molecule has 0 fully saturated rings. The Hall–Kier alpha value is -1.30. The van der Waals surface area contributed by atoms with Gasteiger partial charge >= 0.3 is 0 Å². The van der Waals surface area contributed by atoms with Crippen LogP contribution in [-0.4, -0.2) is 36.9 Å². The van der Waals surface area contributed by atoms with Crippen LogP contribution in [0.15, 0.2) is 18.2 Å². The minimum atomic E-state index is 0.641. The molecule has 114 valence electrons. The molecule has 0 atom stereocenters. The van der Waals surface area contributed by atoms with E-state index < -0.39 is 0 Å². The number of H-pyrrole nitrogens is 1. The van der Waals surface area contributed by atoms with Gasteiger partial charge in [0, 0.05) is 41.8 Å². The zero-order valence-corrected chi connectivity index (χ0v) is 13.8. The minimum absolute atomic E-state index is 0.641. The topological polar surface area (TPSA) is 49.1 Å². The molecule has 0 saturated heterocycles. The number of benzene rings is 1. The second-order valence-electron chi connectivity index (χ2n) is 4.84. The highest BCUT2D eigenvalue weighted by molar-refractivity contribution is 7.80. The molecule has 1 aromatic heterocycles. The number of ether oxygens (including phenoxy) is 1. The van der Waals surface area contributed by atoms with Crippen molar-refractivity contribution < 1.29 is 4.74 Å². The number of aryl methyl sites for hydroxylation is 1. The number of aromatic amines is 1. The first-order valence-corrected chi connectivity index (χ1v) is 7.67. The molecule has 0 aliphatic carbocycles. The lowest BCUT2D eigenvalue weighted by molar-refractivity contribution is 0.204. The molecule has 2 aromatic rings. The smallest absolute Gasteiger partial charge is 0.166 e. The van der Waals surface area contributed by atoms with Crippen LogP contribution in [0, 0.1) is 6.92 Å². The van der Waals surface area contributed by atoms with Crippen molar-refractivity contribution in [2.45, 2.75) is 13.3 Å². The lowest BCUT2D eigenvalue weighted by Gasteiger charge is -2.10. The summed E-state index contributed by atoms with van der Waals surface area (Å²) in [5.74, 6) is 0. The van der Waals surface area contributed by atoms with Crippen LogP contribution in [0.1, 0.15) is 11.3 Å². The van der Waals surface area contributed by atoms with Crippen LogP contribution in [0.2, 0.25) is 5.02 Å². The largest absolute Gasteiger partial charge is 0.383 e. The molecule has 0 spiro atoms. The van der Waals surface area contributed by atoms with Crippen molar-refractivity contribution in [3.63, 3.8) is 0 Å². The number of hydrogen-bond donors (Lipinski definition) is 3. The Morgan fingerprint density at radius 3 is 2.86 bits per heavy atom. The molecular weight excluding hydrogens is 306 g/mol. The van der Waals surface area contributed by atoms with Crippen molar-refractivity contribution in [2.75, 3.05) is 26.8 Å². The van der Waals surface area contributed by atoms with Crippen LogP contribution >= 0.6 is 23.8 Å². The average Bonchev–Trinajstić information content (AvgIpc) is 2.75. The Balaban J connectivity index is 1.93. The summed E-state index contributed by atoms with van der Waals surface area (Å²) in [6.07, 6.45) is 0.887. The Morgan fingerprint density at radius 1 is 1.33 bits per heavy atom. The molecule has 4 nitrogen and oxygen atoms in total. The highest BCUT2D eigenvalue weighted by atomic mass is 35.5. The van der Waals surface area contributed by atoms with Crippen molar-refractivity contribution in [1.29, 1.82) is 0 Å². The zero-order chi connectivity index (χ0) is 15.2. The molecule has 0 bridgehead atoms. The van der Waals surface area contributed by atoms with E-state index in [0.717, 1.165) is 23.5 Å². The molecule has 21 heavy (non-hydrogen) atoms. The molecule has 0 radical (unpaired) electrons. The number of aromatic nitrogens is 1. The Morgan fingerprint density at radius 2 is 2.10 bits per heavy atom. The zero-order valence-electron chi connectivity index (χ0n) is 12.3. The van der Waals surface area contributed by atoms with Gasteiger partial charge in [0.25, 0.3) is 0 Å². The van der Waals surface area contributed by atoms with Gasteiger partial charge in [0.1, 0.15) is 0 Å². The fourth-order valence-corrected chi connectivity index (χ4v) is 2.68. The third-order valence-electron chi connectivity index (χ3n) is 3.33. The minimum Gasteiger partial charge on any atom is -0.383 e. The van der Waals surface area contributed by atoms with E-state index in [4.69, 9.17) is 28.6 Å². The summed E-state index contributed by atoms with van der Waals surface area (Å²) in [4.78, 5) is 3.38. The van der Waals surface area contributed by atoms with Crippen LogP contribution in [0.3, 0.4) is 0 Å². The van der Waals surface area contributed by atoms with Gasteiger partial charge in [0.15, 0.2) is 5.11 Å². The third-order valence-corrected chi connectivity index (χ3v) is 3.86. The highest BCUT2D eigenvalue weighted by Gasteiger charge is 2.08. The second kappa shape index (κ2) is 7.64. The van der Waals surface area contributed by atoms with E-state index >= 15 is 0 Å². The lowest BCUT2D eigenvalue weighted by Crippen LogP contribution is -2.37. The second-order valence-corrected chi connectivity index (χ2v) is 5.69. The fourth-order valence-electron chi connectivity index (χ4n) is 2.31. The third kappa shape index (κ3) is 4.33. The number of thiocarbonyl (C=S) groups is 1. The van der Waals surface area contributed by atoms with Crippen LogP contribution in [0.5, 0.6) is 0 Å². The van der Waals surface area contributed by atoms with Crippen LogP contribution in [0.25, 0.3) is 10.9 Å². The van der Waals surface area contributed by atoms with Crippen molar-refractivity contribution in [2.24, 2.45) is 0 Å². The van der Waals surface area contributed by atoms with Gasteiger partial charge in [-0.2, -0.15) is 0 Å². The molecule has 1 heterocycles. The first-order valence-electron chi connectivity index (χ1n) is 6.89. The van der Waals surface area contributed by atoms with E-state index in [-0.39, 0.29) is 0 Å². The van der Waals surface area contributed by atoms with E-state index in [9.17, 15) is 0 Å². The van der Waals surface area contributed by atoms with E-state index in [1.807, 2.05) is 18.2 Å². The number of nitrogens with one attached hydrogen (secondary N) is 3. The number of fused-ring (bicyclic) bond motifs is 1. The molecular formula is C15H20ClN3OS.